The van der Waals surface area contributed by atoms with Crippen LogP contribution in [-0.2, 0) is 11.2 Å². The number of morpholine rings is 1. The SMILES string of the molecule is CC1CN(C(O)C(C)n2ccn3c(=O)c(O)c(-c4ncc(Cc5ccc(F)cc5)s4)nc23)CC(C)O1. The van der Waals surface area contributed by atoms with Gasteiger partial charge in [-0.2, -0.15) is 0 Å². The van der Waals surface area contributed by atoms with Crippen molar-refractivity contribution in [3.8, 4) is 16.5 Å². The van der Waals surface area contributed by atoms with Crippen LogP contribution in [0.25, 0.3) is 16.5 Å². The number of thiazole rings is 1. The van der Waals surface area contributed by atoms with Crippen LogP contribution in [0.1, 0.15) is 37.3 Å². The van der Waals surface area contributed by atoms with Crippen molar-refractivity contribution in [3.63, 3.8) is 0 Å². The van der Waals surface area contributed by atoms with Gasteiger partial charge in [0, 0.05) is 43.0 Å². The average molecular weight is 514 g/mol. The molecule has 11 heteroatoms. The number of hydrogen-bond acceptors (Lipinski definition) is 8. The normalized spacial score (nSPS) is 20.6. The first-order valence-electron chi connectivity index (χ1n) is 11.8. The van der Waals surface area contributed by atoms with E-state index in [9.17, 15) is 19.4 Å². The van der Waals surface area contributed by atoms with Gasteiger partial charge in [-0.05, 0) is 38.5 Å². The van der Waals surface area contributed by atoms with Crippen LogP contribution in [-0.4, -0.2) is 65.6 Å². The van der Waals surface area contributed by atoms with Crippen molar-refractivity contribution in [3.05, 3.63) is 69.5 Å². The zero-order valence-electron chi connectivity index (χ0n) is 20.2. The number of nitrogens with zero attached hydrogens (tertiary/aromatic N) is 5. The van der Waals surface area contributed by atoms with Gasteiger partial charge in [0.25, 0.3) is 0 Å². The molecule has 1 aliphatic heterocycles. The maximum Gasteiger partial charge on any atom is 0.302 e. The molecule has 1 aromatic carbocycles. The Hall–Kier alpha value is -3.12. The van der Waals surface area contributed by atoms with Gasteiger partial charge in [-0.3, -0.25) is 9.69 Å². The van der Waals surface area contributed by atoms with Crippen molar-refractivity contribution >= 4 is 17.1 Å². The third kappa shape index (κ3) is 4.66. The second-order valence-electron chi connectivity index (χ2n) is 9.29. The summed E-state index contributed by atoms with van der Waals surface area (Å²) >= 11 is 1.31. The van der Waals surface area contributed by atoms with Crippen molar-refractivity contribution in [1.29, 1.82) is 0 Å². The molecule has 4 heterocycles. The minimum absolute atomic E-state index is 0.00434. The third-order valence-corrected chi connectivity index (χ3v) is 7.42. The fourth-order valence-corrected chi connectivity index (χ4v) is 5.62. The first kappa shape index (κ1) is 24.6. The number of aromatic hydroxyl groups is 1. The Morgan fingerprint density at radius 3 is 2.58 bits per heavy atom. The van der Waals surface area contributed by atoms with E-state index in [0.29, 0.717) is 30.3 Å². The predicted molar refractivity (Wildman–Crippen MR) is 134 cm³/mol. The highest BCUT2D eigenvalue weighted by atomic mass is 32.1. The van der Waals surface area contributed by atoms with Gasteiger partial charge in [-0.25, -0.2) is 18.8 Å². The Balaban J connectivity index is 1.46. The van der Waals surface area contributed by atoms with E-state index in [-0.39, 0.29) is 23.7 Å². The first-order chi connectivity index (χ1) is 17.2. The second-order valence-corrected chi connectivity index (χ2v) is 10.4. The van der Waals surface area contributed by atoms with Crippen LogP contribution in [0.15, 0.2) is 47.7 Å². The number of hydrogen-bond donors (Lipinski definition) is 2. The molecule has 0 radical (unpaired) electrons. The zero-order valence-corrected chi connectivity index (χ0v) is 21.0. The van der Waals surface area contributed by atoms with Gasteiger partial charge < -0.3 is 19.5 Å². The van der Waals surface area contributed by atoms with Gasteiger partial charge in [0.2, 0.25) is 11.5 Å². The van der Waals surface area contributed by atoms with Crippen molar-refractivity contribution in [2.75, 3.05) is 13.1 Å². The fourth-order valence-electron chi connectivity index (χ4n) is 4.69. The molecule has 4 aromatic rings. The summed E-state index contributed by atoms with van der Waals surface area (Å²) in [6, 6.07) is 5.79. The number of aliphatic hydroxyl groups excluding tert-OH is 1. The number of aromatic nitrogens is 4. The summed E-state index contributed by atoms with van der Waals surface area (Å²) in [7, 11) is 0. The molecule has 1 fully saturated rings. The van der Waals surface area contributed by atoms with Crippen LogP contribution in [0, 0.1) is 5.82 Å². The Morgan fingerprint density at radius 1 is 1.19 bits per heavy atom. The number of halogens is 1. The molecule has 0 spiro atoms. The fraction of sp³-hybridized carbons (Fsp3) is 0.400. The van der Waals surface area contributed by atoms with Crippen molar-refractivity contribution < 1.29 is 19.3 Å². The molecule has 3 aromatic heterocycles. The summed E-state index contributed by atoms with van der Waals surface area (Å²) in [6.07, 6.45) is 4.57. The molecule has 0 aliphatic carbocycles. The molecular formula is C25H28FN5O4S. The number of imidazole rings is 1. The van der Waals surface area contributed by atoms with Crippen molar-refractivity contribution in [1.82, 2.24) is 23.8 Å². The lowest BCUT2D eigenvalue weighted by Gasteiger charge is -2.40. The van der Waals surface area contributed by atoms with Gasteiger partial charge in [-0.15, -0.1) is 11.3 Å². The standard InChI is InChI=1S/C25H28FN5O4S/c1-14-12-29(13-15(2)35-14)23(33)16(3)30-8-9-31-24(34)21(32)20(28-25(30)31)22-27-11-19(36-22)10-17-4-6-18(26)7-5-17/h4-9,11,14-16,23,32-33H,10,12-13H2,1-3H3. The van der Waals surface area contributed by atoms with Gasteiger partial charge in [0.05, 0.1) is 18.2 Å². The highest BCUT2D eigenvalue weighted by Crippen LogP contribution is 2.31. The van der Waals surface area contributed by atoms with Crippen molar-refractivity contribution in [2.45, 2.75) is 51.7 Å². The molecule has 9 nitrogen and oxygen atoms in total. The summed E-state index contributed by atoms with van der Waals surface area (Å²) in [5, 5.41) is 22.2. The molecule has 0 amide bonds. The smallest absolute Gasteiger partial charge is 0.302 e. The summed E-state index contributed by atoms with van der Waals surface area (Å²) in [4.78, 5) is 24.8. The maximum atomic E-state index is 13.2. The minimum atomic E-state index is -0.827. The molecule has 4 atom stereocenters. The van der Waals surface area contributed by atoms with Gasteiger partial charge >= 0.3 is 5.56 Å². The van der Waals surface area contributed by atoms with E-state index in [4.69, 9.17) is 4.74 Å². The Kier molecular flexibility index (Phi) is 6.64. The Labute approximate surface area is 211 Å². The predicted octanol–water partition coefficient (Wildman–Crippen LogP) is 3.04. The summed E-state index contributed by atoms with van der Waals surface area (Å²) < 4.78 is 22.0. The van der Waals surface area contributed by atoms with E-state index < -0.39 is 23.6 Å². The van der Waals surface area contributed by atoms with Crippen LogP contribution in [0.4, 0.5) is 4.39 Å². The topological polar surface area (TPSA) is 105 Å². The van der Waals surface area contributed by atoms with Crippen LogP contribution >= 0.6 is 11.3 Å². The molecule has 5 rings (SSSR count). The van der Waals surface area contributed by atoms with E-state index in [0.717, 1.165) is 10.4 Å². The molecule has 2 N–H and O–H groups in total. The van der Waals surface area contributed by atoms with E-state index >= 15 is 0 Å². The van der Waals surface area contributed by atoms with E-state index in [1.807, 2.05) is 25.7 Å². The summed E-state index contributed by atoms with van der Waals surface area (Å²) in [6.45, 7) is 6.98. The van der Waals surface area contributed by atoms with Gasteiger partial charge in [0.1, 0.15) is 17.1 Å². The lowest BCUT2D eigenvalue weighted by Crippen LogP contribution is -2.52. The summed E-state index contributed by atoms with van der Waals surface area (Å²) in [5.74, 6) is -0.493. The number of rotatable bonds is 6. The van der Waals surface area contributed by atoms with E-state index in [1.165, 1.54) is 34.1 Å². The zero-order chi connectivity index (χ0) is 25.6. The largest absolute Gasteiger partial charge is 0.501 e. The van der Waals surface area contributed by atoms with Crippen LogP contribution in [0.3, 0.4) is 0 Å². The second kappa shape index (κ2) is 9.74. The summed E-state index contributed by atoms with van der Waals surface area (Å²) in [5.41, 5.74) is 0.396. The lowest BCUT2D eigenvalue weighted by molar-refractivity contribution is -0.130. The number of aliphatic hydroxyl groups is 1. The van der Waals surface area contributed by atoms with Gasteiger partial charge in [-0.1, -0.05) is 12.1 Å². The van der Waals surface area contributed by atoms with E-state index in [1.54, 1.807) is 29.1 Å². The minimum Gasteiger partial charge on any atom is -0.501 e. The molecule has 0 bridgehead atoms. The van der Waals surface area contributed by atoms with E-state index in [2.05, 4.69) is 9.97 Å². The third-order valence-electron chi connectivity index (χ3n) is 6.42. The molecular weight excluding hydrogens is 485 g/mol. The van der Waals surface area contributed by atoms with Crippen LogP contribution in [0.5, 0.6) is 5.75 Å². The lowest BCUT2D eigenvalue weighted by atomic mass is 10.1. The average Bonchev–Trinajstić information content (AvgIpc) is 3.48. The Morgan fingerprint density at radius 2 is 1.89 bits per heavy atom. The molecule has 1 saturated heterocycles. The van der Waals surface area contributed by atoms with Crippen molar-refractivity contribution in [2.24, 2.45) is 0 Å². The molecule has 1 aliphatic rings. The monoisotopic (exact) mass is 513 g/mol. The molecule has 0 saturated carbocycles. The van der Waals surface area contributed by atoms with Crippen LogP contribution < -0.4 is 5.56 Å². The molecule has 4 unspecified atom stereocenters. The highest BCUT2D eigenvalue weighted by Gasteiger charge is 2.31. The highest BCUT2D eigenvalue weighted by molar-refractivity contribution is 7.15. The number of fused-ring (bicyclic) bond motifs is 1. The molecule has 190 valence electrons. The quantitative estimate of drug-likeness (QED) is 0.408. The first-order valence-corrected chi connectivity index (χ1v) is 12.6. The number of ether oxygens (including phenoxy) is 1. The van der Waals surface area contributed by atoms with Gasteiger partial charge in [0.15, 0.2) is 5.69 Å². The number of benzene rings is 1. The van der Waals surface area contributed by atoms with Crippen LogP contribution in [0.2, 0.25) is 0 Å². The Bertz CT molecular complexity index is 1420. The maximum absolute atomic E-state index is 13.2. The molecule has 36 heavy (non-hydrogen) atoms.